The highest BCUT2D eigenvalue weighted by Gasteiger charge is 2.27. The molecule has 0 amide bonds. The molecule has 8 nitrogen and oxygen atoms in total. The van der Waals surface area contributed by atoms with Gasteiger partial charge < -0.3 is 14.2 Å². The van der Waals surface area contributed by atoms with Crippen LogP contribution in [0.1, 0.15) is 22.3 Å². The number of hydrogen-bond acceptors (Lipinski definition) is 7. The minimum absolute atomic E-state index is 0.00931. The zero-order valence-corrected chi connectivity index (χ0v) is 20.2. The fourth-order valence-electron chi connectivity index (χ4n) is 3.46. The lowest BCUT2D eigenvalue weighted by molar-refractivity contribution is -0.385. The van der Waals surface area contributed by atoms with Crippen LogP contribution in [0.3, 0.4) is 0 Å². The Hall–Kier alpha value is -4.05. The van der Waals surface area contributed by atoms with Gasteiger partial charge in [-0.2, -0.15) is 0 Å². The van der Waals surface area contributed by atoms with Crippen LogP contribution in [0.5, 0.6) is 11.5 Å². The zero-order chi connectivity index (χ0) is 25.1. The van der Waals surface area contributed by atoms with Gasteiger partial charge in [0.1, 0.15) is 12.4 Å². The number of nitro groups is 1. The van der Waals surface area contributed by atoms with Crippen molar-refractivity contribution in [1.82, 2.24) is 0 Å². The third kappa shape index (κ3) is 5.07. The minimum atomic E-state index is -0.694. The minimum Gasteiger partial charge on any atom is -0.493 e. The molecule has 0 aliphatic carbocycles. The Morgan fingerprint density at radius 2 is 1.97 bits per heavy atom. The van der Waals surface area contributed by atoms with E-state index < -0.39 is 10.9 Å². The third-order valence-corrected chi connectivity index (χ3v) is 5.83. The first kappa shape index (κ1) is 24.1. The molecule has 0 radical (unpaired) electrons. The molecule has 0 N–H and O–H groups in total. The van der Waals surface area contributed by atoms with Gasteiger partial charge in [-0.15, -0.1) is 0 Å². The number of halogens is 2. The van der Waals surface area contributed by atoms with Crippen molar-refractivity contribution < 1.29 is 28.3 Å². The third-order valence-electron chi connectivity index (χ3n) is 5.24. The van der Waals surface area contributed by atoms with Crippen LogP contribution in [0.2, 0.25) is 0 Å². The maximum atomic E-state index is 13.9. The van der Waals surface area contributed by atoms with Crippen molar-refractivity contribution in [1.29, 1.82) is 0 Å². The summed E-state index contributed by atoms with van der Waals surface area (Å²) >= 11 is 3.43. The summed E-state index contributed by atoms with van der Waals surface area (Å²) in [7, 11) is 1.46. The number of cyclic esters (lactones) is 1. The van der Waals surface area contributed by atoms with Gasteiger partial charge in [0, 0.05) is 22.8 Å². The lowest BCUT2D eigenvalue weighted by Gasteiger charge is -2.14. The Morgan fingerprint density at radius 3 is 2.69 bits per heavy atom. The molecule has 0 bridgehead atoms. The fourth-order valence-corrected chi connectivity index (χ4v) is 4.04. The number of nitro benzene ring substituents is 1. The molecule has 3 aromatic carbocycles. The normalized spacial score (nSPS) is 14.0. The summed E-state index contributed by atoms with van der Waals surface area (Å²) < 4.78 is 30.9. The van der Waals surface area contributed by atoms with E-state index in [1.54, 1.807) is 43.3 Å². The first-order valence-electron chi connectivity index (χ1n) is 10.3. The molecule has 0 saturated carbocycles. The predicted molar refractivity (Wildman–Crippen MR) is 130 cm³/mol. The van der Waals surface area contributed by atoms with Crippen LogP contribution >= 0.6 is 15.9 Å². The number of methoxy groups -OCH3 is 1. The van der Waals surface area contributed by atoms with Gasteiger partial charge in [-0.1, -0.05) is 24.3 Å². The van der Waals surface area contributed by atoms with E-state index in [0.29, 0.717) is 38.2 Å². The van der Waals surface area contributed by atoms with Crippen molar-refractivity contribution in [2.45, 2.75) is 13.5 Å². The highest BCUT2D eigenvalue weighted by molar-refractivity contribution is 9.10. The highest BCUT2D eigenvalue weighted by atomic mass is 79.9. The van der Waals surface area contributed by atoms with Crippen LogP contribution in [0.15, 0.2) is 69.8 Å². The molecule has 0 atom stereocenters. The molecule has 0 fully saturated rings. The lowest BCUT2D eigenvalue weighted by Crippen LogP contribution is -2.08. The largest absolute Gasteiger partial charge is 0.493 e. The second-order valence-electron chi connectivity index (χ2n) is 7.46. The van der Waals surface area contributed by atoms with E-state index in [4.69, 9.17) is 14.2 Å². The Morgan fingerprint density at radius 1 is 1.20 bits per heavy atom. The van der Waals surface area contributed by atoms with Crippen LogP contribution in [-0.4, -0.2) is 23.9 Å². The van der Waals surface area contributed by atoms with Gasteiger partial charge in [-0.05, 0) is 58.8 Å². The molecule has 3 aromatic rings. The van der Waals surface area contributed by atoms with Gasteiger partial charge in [-0.25, -0.2) is 14.2 Å². The summed E-state index contributed by atoms with van der Waals surface area (Å²) in [5.74, 6) is -0.369. The molecule has 178 valence electrons. The van der Waals surface area contributed by atoms with E-state index in [2.05, 4.69) is 20.9 Å². The Bertz CT molecular complexity index is 1400. The molecule has 0 saturated heterocycles. The SMILES string of the molecule is COc1cc(/C=C2\N=C(c3cccc([N+](=O)[O-])c3C)OC2=O)cc(Br)c1OCc1ccccc1F. The van der Waals surface area contributed by atoms with Gasteiger partial charge in [0.15, 0.2) is 17.2 Å². The summed E-state index contributed by atoms with van der Waals surface area (Å²) in [5, 5.41) is 11.2. The number of nitrogens with zero attached hydrogens (tertiary/aromatic N) is 2. The van der Waals surface area contributed by atoms with E-state index in [1.807, 2.05) is 0 Å². The van der Waals surface area contributed by atoms with Crippen LogP contribution in [0.4, 0.5) is 10.1 Å². The van der Waals surface area contributed by atoms with Crippen LogP contribution in [-0.2, 0) is 16.1 Å². The molecular formula is C25H18BrFN2O6. The lowest BCUT2D eigenvalue weighted by atomic mass is 10.1. The van der Waals surface area contributed by atoms with Crippen LogP contribution < -0.4 is 9.47 Å². The van der Waals surface area contributed by atoms with Crippen molar-refractivity contribution in [2.24, 2.45) is 4.99 Å². The Balaban J connectivity index is 1.63. The average Bonchev–Trinajstić information content (AvgIpc) is 3.18. The van der Waals surface area contributed by atoms with E-state index in [1.165, 1.54) is 31.4 Å². The van der Waals surface area contributed by atoms with Crippen molar-refractivity contribution in [3.8, 4) is 11.5 Å². The molecule has 0 aromatic heterocycles. The molecule has 0 unspecified atom stereocenters. The standard InChI is InChI=1S/C25H18BrFN2O6/c1-14-17(7-5-9-21(14)29(31)32)24-28-20(25(30)35-24)11-15-10-18(26)23(22(12-15)33-2)34-13-16-6-3-4-8-19(16)27/h3-12H,13H2,1-2H3/b20-11-. The summed E-state index contributed by atoms with van der Waals surface area (Å²) in [6.45, 7) is 1.55. The van der Waals surface area contributed by atoms with E-state index in [-0.39, 0.29) is 29.7 Å². The molecular weight excluding hydrogens is 523 g/mol. The molecule has 4 rings (SSSR count). The second kappa shape index (κ2) is 10.1. The topological polar surface area (TPSA) is 100 Å². The maximum Gasteiger partial charge on any atom is 0.363 e. The maximum absolute atomic E-state index is 13.9. The fraction of sp³-hybridized carbons (Fsp3) is 0.120. The molecule has 1 aliphatic rings. The first-order valence-corrected chi connectivity index (χ1v) is 11.1. The predicted octanol–water partition coefficient (Wildman–Crippen LogP) is 5.74. The smallest absolute Gasteiger partial charge is 0.363 e. The monoisotopic (exact) mass is 540 g/mol. The van der Waals surface area contributed by atoms with Gasteiger partial charge in [0.25, 0.3) is 5.69 Å². The van der Waals surface area contributed by atoms with E-state index in [0.717, 1.165) is 0 Å². The number of benzene rings is 3. The van der Waals surface area contributed by atoms with Gasteiger partial charge in [0.2, 0.25) is 5.90 Å². The van der Waals surface area contributed by atoms with Crippen molar-refractivity contribution in [3.63, 3.8) is 0 Å². The number of aliphatic imine (C=N–C) groups is 1. The summed E-state index contributed by atoms with van der Waals surface area (Å²) in [6.07, 6.45) is 1.50. The molecule has 35 heavy (non-hydrogen) atoms. The molecule has 0 spiro atoms. The van der Waals surface area contributed by atoms with Gasteiger partial charge in [-0.3, -0.25) is 10.1 Å². The Kier molecular flexibility index (Phi) is 6.92. The van der Waals surface area contributed by atoms with E-state index >= 15 is 0 Å². The quantitative estimate of drug-likeness (QED) is 0.164. The van der Waals surface area contributed by atoms with Gasteiger partial charge >= 0.3 is 5.97 Å². The molecule has 10 heteroatoms. The van der Waals surface area contributed by atoms with Crippen LogP contribution in [0, 0.1) is 22.9 Å². The average molecular weight is 541 g/mol. The molecule has 1 heterocycles. The summed E-state index contributed by atoms with van der Waals surface area (Å²) in [5.41, 5.74) is 1.55. The molecule has 1 aliphatic heterocycles. The number of ether oxygens (including phenoxy) is 3. The van der Waals surface area contributed by atoms with Crippen molar-refractivity contribution >= 4 is 39.6 Å². The van der Waals surface area contributed by atoms with Crippen molar-refractivity contribution in [3.05, 3.63) is 103 Å². The summed E-state index contributed by atoms with van der Waals surface area (Å²) in [6, 6.07) is 14.1. The van der Waals surface area contributed by atoms with Crippen molar-refractivity contribution in [2.75, 3.05) is 7.11 Å². The number of esters is 1. The summed E-state index contributed by atoms with van der Waals surface area (Å²) in [4.78, 5) is 27.4. The number of rotatable bonds is 7. The number of hydrogen-bond donors (Lipinski definition) is 0. The van der Waals surface area contributed by atoms with Gasteiger partial charge in [0.05, 0.1) is 16.5 Å². The zero-order valence-electron chi connectivity index (χ0n) is 18.6. The Labute approximate surface area is 207 Å². The number of carbonyl (C=O) groups excluding carboxylic acids is 1. The first-order chi connectivity index (χ1) is 16.8. The van der Waals surface area contributed by atoms with Crippen LogP contribution in [0.25, 0.3) is 6.08 Å². The highest BCUT2D eigenvalue weighted by Crippen LogP contribution is 2.38. The van der Waals surface area contributed by atoms with E-state index in [9.17, 15) is 19.3 Å². The second-order valence-corrected chi connectivity index (χ2v) is 8.31. The number of carbonyl (C=O) groups is 1.